The molecule has 0 saturated heterocycles. The van der Waals surface area contributed by atoms with Crippen molar-refractivity contribution in [3.05, 3.63) is 77.6 Å². The summed E-state index contributed by atoms with van der Waals surface area (Å²) >= 11 is 0. The molecule has 1 aromatic heterocycles. The number of anilines is 1. The Kier molecular flexibility index (Phi) is 12.9. The van der Waals surface area contributed by atoms with Gasteiger partial charge in [-0.05, 0) is 48.2 Å². The van der Waals surface area contributed by atoms with Crippen molar-refractivity contribution in [3.63, 3.8) is 0 Å². The number of carbonyl (C=O) groups is 3. The molecule has 0 spiro atoms. The molecule has 3 aromatic carbocycles. The van der Waals surface area contributed by atoms with E-state index in [1.807, 2.05) is 49.4 Å². The molecule has 268 valence electrons. The van der Waals surface area contributed by atoms with Crippen LogP contribution in [0, 0.1) is 12.3 Å². The molecule has 18 heteroatoms. The highest BCUT2D eigenvalue weighted by Gasteiger charge is 2.39. The van der Waals surface area contributed by atoms with Gasteiger partial charge in [0.2, 0.25) is 5.82 Å². The van der Waals surface area contributed by atoms with Crippen molar-refractivity contribution in [2.75, 3.05) is 5.32 Å². The minimum atomic E-state index is -5.08. The number of fused-ring (bicyclic) bond motifs is 2. The lowest BCUT2D eigenvalue weighted by Gasteiger charge is -2.33. The van der Waals surface area contributed by atoms with E-state index in [1.54, 1.807) is 0 Å². The molecule has 1 saturated carbocycles. The molecule has 1 heterocycles. The van der Waals surface area contributed by atoms with E-state index in [1.165, 1.54) is 0 Å². The predicted molar refractivity (Wildman–Crippen MR) is 171 cm³/mol. The minimum absolute atomic E-state index is 0.0229. The largest absolute Gasteiger partial charge is 0.490 e. The van der Waals surface area contributed by atoms with Crippen molar-refractivity contribution in [2.45, 2.75) is 63.6 Å². The number of hydrogen-bond acceptors (Lipinski definition) is 7. The summed E-state index contributed by atoms with van der Waals surface area (Å²) in [6, 6.07) is 20.2. The fraction of sp³-hybridized carbons (Fsp3) is 0.312. The molecule has 12 nitrogen and oxygen atoms in total. The van der Waals surface area contributed by atoms with Gasteiger partial charge in [0.05, 0.1) is 5.52 Å². The zero-order valence-corrected chi connectivity index (χ0v) is 26.3. The number of hydrogen-bond donors (Lipinski definition) is 7. The first kappa shape index (κ1) is 38.8. The molecule has 1 fully saturated rings. The van der Waals surface area contributed by atoms with Gasteiger partial charge in [0.25, 0.3) is 5.91 Å². The van der Waals surface area contributed by atoms with E-state index < -0.39 is 24.3 Å². The fourth-order valence-electron chi connectivity index (χ4n) is 5.01. The highest BCUT2D eigenvalue weighted by atomic mass is 19.4. The first-order chi connectivity index (χ1) is 23.4. The molecule has 1 aliphatic carbocycles. The summed E-state index contributed by atoms with van der Waals surface area (Å²) in [5, 5.41) is 34.7. The lowest BCUT2D eigenvalue weighted by molar-refractivity contribution is -0.193. The molecular weight excluding hydrogens is 676 g/mol. The Hall–Kier alpha value is -5.68. The van der Waals surface area contributed by atoms with Gasteiger partial charge in [-0.25, -0.2) is 19.6 Å². The summed E-state index contributed by atoms with van der Waals surface area (Å²) < 4.78 is 63.5. The van der Waals surface area contributed by atoms with Crippen LogP contribution in [0.3, 0.4) is 0 Å². The molecule has 2 atom stereocenters. The molecule has 8 N–H and O–H groups in total. The maximum absolute atomic E-state index is 13.2. The second kappa shape index (κ2) is 16.6. The Morgan fingerprint density at radius 3 is 2.04 bits per heavy atom. The number of aliphatic carboxylic acids is 2. The second-order valence-corrected chi connectivity index (χ2v) is 11.0. The third-order valence-corrected chi connectivity index (χ3v) is 7.29. The Morgan fingerprint density at radius 2 is 1.44 bits per heavy atom. The third-order valence-electron chi connectivity index (χ3n) is 7.29. The Bertz CT molecular complexity index is 1820. The monoisotopic (exact) mass is 709 g/mol. The topological polar surface area (TPSA) is 203 Å². The summed E-state index contributed by atoms with van der Waals surface area (Å²) in [7, 11) is 0. The van der Waals surface area contributed by atoms with Gasteiger partial charge in [-0.1, -0.05) is 66.9 Å². The van der Waals surface area contributed by atoms with Crippen molar-refractivity contribution >= 4 is 51.3 Å². The van der Waals surface area contributed by atoms with Crippen LogP contribution in [0.5, 0.6) is 0 Å². The van der Waals surface area contributed by atoms with Crippen LogP contribution in [-0.4, -0.2) is 68.4 Å². The fourth-order valence-corrected chi connectivity index (χ4v) is 5.01. The molecular formula is C32H33F6N7O5. The molecule has 5 rings (SSSR count). The molecule has 1 amide bonds. The normalized spacial score (nSPS) is 15.8. The number of guanidine groups is 1. The van der Waals surface area contributed by atoms with E-state index in [9.17, 15) is 31.1 Å². The molecule has 0 aliphatic heterocycles. The van der Waals surface area contributed by atoms with Crippen LogP contribution in [0.1, 0.15) is 47.4 Å². The number of amides is 1. The third kappa shape index (κ3) is 11.2. The van der Waals surface area contributed by atoms with Crippen molar-refractivity contribution in [3.8, 4) is 0 Å². The smallest absolute Gasteiger partial charge is 0.475 e. The van der Waals surface area contributed by atoms with Gasteiger partial charge in [-0.3, -0.25) is 10.2 Å². The van der Waals surface area contributed by atoms with Gasteiger partial charge in [0.15, 0.2) is 5.96 Å². The number of nitrogens with two attached hydrogens (primary N) is 1. The molecule has 0 bridgehead atoms. The maximum atomic E-state index is 13.2. The lowest BCUT2D eigenvalue weighted by atomic mass is 9.90. The maximum Gasteiger partial charge on any atom is 0.490 e. The molecule has 0 radical (unpaired) electrons. The van der Waals surface area contributed by atoms with Crippen LogP contribution in [0.4, 0.5) is 32.2 Å². The Balaban J connectivity index is 0.000000408. The van der Waals surface area contributed by atoms with Gasteiger partial charge in [0.1, 0.15) is 5.82 Å². The van der Waals surface area contributed by atoms with E-state index in [-0.39, 0.29) is 29.8 Å². The zero-order chi connectivity index (χ0) is 37.2. The number of nitrogens with zero attached hydrogens (tertiary/aromatic N) is 2. The number of carboxylic acid groups (broad SMARTS) is 2. The number of alkyl halides is 6. The molecule has 2 unspecified atom stereocenters. The second-order valence-electron chi connectivity index (χ2n) is 11.0. The number of carbonyl (C=O) groups excluding carboxylic acids is 1. The minimum Gasteiger partial charge on any atom is -0.475 e. The van der Waals surface area contributed by atoms with Crippen LogP contribution < -0.4 is 21.7 Å². The van der Waals surface area contributed by atoms with E-state index >= 15 is 0 Å². The Morgan fingerprint density at radius 1 is 0.860 bits per heavy atom. The van der Waals surface area contributed by atoms with Crippen molar-refractivity contribution < 1.29 is 50.9 Å². The van der Waals surface area contributed by atoms with Gasteiger partial charge in [0, 0.05) is 24.0 Å². The number of aryl methyl sites for hydroxylation is 1. The van der Waals surface area contributed by atoms with Gasteiger partial charge in [-0.15, -0.1) is 0 Å². The molecule has 4 aromatic rings. The highest BCUT2D eigenvalue weighted by Crippen LogP contribution is 2.27. The summed E-state index contributed by atoms with van der Waals surface area (Å²) in [5.74, 6) is -5.12. The van der Waals surface area contributed by atoms with Crippen molar-refractivity contribution in [1.82, 2.24) is 20.6 Å². The highest BCUT2D eigenvalue weighted by molar-refractivity contribution is 5.97. The van der Waals surface area contributed by atoms with Crippen LogP contribution in [0.2, 0.25) is 0 Å². The van der Waals surface area contributed by atoms with Gasteiger partial charge < -0.3 is 31.9 Å². The van der Waals surface area contributed by atoms with Gasteiger partial charge >= 0.3 is 24.3 Å². The quantitative estimate of drug-likeness (QED) is 0.0762. The van der Waals surface area contributed by atoms with E-state index in [4.69, 9.17) is 30.9 Å². The predicted octanol–water partition coefficient (Wildman–Crippen LogP) is 5.49. The lowest BCUT2D eigenvalue weighted by Crippen LogP contribution is -2.50. The summed E-state index contributed by atoms with van der Waals surface area (Å²) in [5.41, 5.74) is 8.47. The summed E-state index contributed by atoms with van der Waals surface area (Å²) in [4.78, 5) is 40.2. The first-order valence-electron chi connectivity index (χ1n) is 14.9. The average molecular weight is 710 g/mol. The van der Waals surface area contributed by atoms with Gasteiger partial charge in [-0.2, -0.15) is 26.3 Å². The van der Waals surface area contributed by atoms with E-state index in [0.717, 1.165) is 53.0 Å². The number of rotatable bonds is 6. The molecule has 50 heavy (non-hydrogen) atoms. The van der Waals surface area contributed by atoms with Crippen LogP contribution >= 0.6 is 0 Å². The number of aromatic nitrogens is 2. The van der Waals surface area contributed by atoms with E-state index in [0.29, 0.717) is 17.9 Å². The summed E-state index contributed by atoms with van der Waals surface area (Å²) in [6.07, 6.45) is -6.18. The SMILES string of the molecule is Cc1ccc2nc(C(=O)NCc3cccc4ccccc34)nc(NC3CCCCC3NC(=N)N)c2c1.O=C(O)C(F)(F)F.O=C(O)C(F)(F)F. The first-order valence-corrected chi connectivity index (χ1v) is 14.9. The van der Waals surface area contributed by atoms with E-state index in [2.05, 4.69) is 44.1 Å². The number of halogens is 6. The number of nitrogens with one attached hydrogen (secondary N) is 4. The number of carboxylic acids is 2. The average Bonchev–Trinajstić information content (AvgIpc) is 3.04. The van der Waals surface area contributed by atoms with Crippen LogP contribution in [0.25, 0.3) is 21.7 Å². The zero-order valence-electron chi connectivity index (χ0n) is 26.3. The van der Waals surface area contributed by atoms with Crippen molar-refractivity contribution in [2.24, 2.45) is 5.73 Å². The Labute approximate surface area is 280 Å². The van der Waals surface area contributed by atoms with Crippen molar-refractivity contribution in [1.29, 1.82) is 5.41 Å². The van der Waals surface area contributed by atoms with Crippen LogP contribution in [0.15, 0.2) is 60.7 Å². The number of benzene rings is 3. The molecule has 1 aliphatic rings. The van der Waals surface area contributed by atoms with Crippen LogP contribution in [-0.2, 0) is 16.1 Å². The summed E-state index contributed by atoms with van der Waals surface area (Å²) in [6.45, 7) is 2.40. The standard InChI is InChI=1S/C28H31N7O.2C2HF3O2/c1-17-13-14-22-21(15-17)25(33-23-11-4-5-12-24(23)34-28(29)30)35-26(32-22)27(36)31-16-19-9-6-8-18-7-2-3-10-20(18)19;2*3-2(4,5)1(6)7/h2-3,6-10,13-15,23-24H,4-5,11-12,16H2,1H3,(H,31,36)(H4,29,30,34)(H,32,33,35);2*(H,6,7).